The van der Waals surface area contributed by atoms with Crippen molar-refractivity contribution in [3.8, 4) is 0 Å². The van der Waals surface area contributed by atoms with Gasteiger partial charge in [-0.15, -0.1) is 11.3 Å². The van der Waals surface area contributed by atoms with Gasteiger partial charge in [-0.1, -0.05) is 12.1 Å². The Kier molecular flexibility index (Phi) is 4.14. The van der Waals surface area contributed by atoms with Crippen molar-refractivity contribution in [2.45, 2.75) is 6.92 Å². The van der Waals surface area contributed by atoms with Gasteiger partial charge in [-0.05, 0) is 30.0 Å². The van der Waals surface area contributed by atoms with Crippen LogP contribution in [-0.2, 0) is 4.74 Å². The third-order valence-electron chi connectivity index (χ3n) is 2.72. The van der Waals surface area contributed by atoms with Gasteiger partial charge >= 0.3 is 5.97 Å². The van der Waals surface area contributed by atoms with Crippen molar-refractivity contribution in [2.24, 2.45) is 0 Å². The smallest absolute Gasteiger partial charge is 0.350 e. The number of benzene rings is 1. The number of nitrogens with one attached hydrogen (secondary N) is 1. The van der Waals surface area contributed by atoms with Crippen LogP contribution in [0.25, 0.3) is 0 Å². The zero-order valence-electron chi connectivity index (χ0n) is 10.9. The van der Waals surface area contributed by atoms with Gasteiger partial charge in [0, 0.05) is 0 Å². The number of methoxy groups -OCH3 is 1. The topological polar surface area (TPSA) is 55.4 Å². The summed E-state index contributed by atoms with van der Waals surface area (Å²) in [4.78, 5) is 23.8. The number of anilines is 1. The van der Waals surface area contributed by atoms with Gasteiger partial charge in [-0.2, -0.15) is 0 Å². The van der Waals surface area contributed by atoms with Gasteiger partial charge in [-0.3, -0.25) is 4.79 Å². The molecule has 1 heterocycles. The molecule has 104 valence electrons. The Labute approximate surface area is 119 Å². The summed E-state index contributed by atoms with van der Waals surface area (Å²) in [6.07, 6.45) is 0. The van der Waals surface area contributed by atoms with Crippen molar-refractivity contribution in [1.29, 1.82) is 0 Å². The van der Waals surface area contributed by atoms with Gasteiger partial charge in [0.15, 0.2) is 0 Å². The van der Waals surface area contributed by atoms with Crippen molar-refractivity contribution >= 4 is 28.9 Å². The molecule has 0 unspecified atom stereocenters. The van der Waals surface area contributed by atoms with Gasteiger partial charge in [0.2, 0.25) is 0 Å². The van der Waals surface area contributed by atoms with E-state index in [4.69, 9.17) is 0 Å². The van der Waals surface area contributed by atoms with Crippen LogP contribution in [-0.4, -0.2) is 19.0 Å². The Bertz CT molecular complexity index is 666. The van der Waals surface area contributed by atoms with E-state index in [1.807, 2.05) is 0 Å². The lowest BCUT2D eigenvalue weighted by Gasteiger charge is -2.07. The first kappa shape index (κ1) is 14.2. The van der Waals surface area contributed by atoms with Gasteiger partial charge in [0.05, 0.1) is 18.4 Å². The van der Waals surface area contributed by atoms with Crippen LogP contribution in [0.15, 0.2) is 29.6 Å². The minimum atomic E-state index is -0.602. The highest BCUT2D eigenvalue weighted by molar-refractivity contribution is 7.12. The molecule has 1 N–H and O–H groups in total. The van der Waals surface area contributed by atoms with Crippen molar-refractivity contribution in [1.82, 2.24) is 0 Å². The first-order valence-corrected chi connectivity index (χ1v) is 6.65. The molecular weight excluding hydrogens is 281 g/mol. The molecule has 2 aromatic rings. The molecule has 6 heteroatoms. The second-order valence-electron chi connectivity index (χ2n) is 4.05. The number of rotatable bonds is 3. The maximum absolute atomic E-state index is 13.9. The summed E-state index contributed by atoms with van der Waals surface area (Å²) in [6, 6.07) is 6.14. The van der Waals surface area contributed by atoms with Gasteiger partial charge < -0.3 is 10.1 Å². The summed E-state index contributed by atoms with van der Waals surface area (Å²) in [6.45, 7) is 1.58. The lowest BCUT2D eigenvalue weighted by atomic mass is 10.1. The zero-order chi connectivity index (χ0) is 14.7. The summed E-state index contributed by atoms with van der Waals surface area (Å²) >= 11 is 1.14. The molecule has 0 saturated carbocycles. The number of ether oxygens (including phenoxy) is 1. The number of carbonyl (C=O) groups is 2. The largest absolute Gasteiger partial charge is 0.465 e. The van der Waals surface area contributed by atoms with Crippen LogP contribution in [0.5, 0.6) is 0 Å². The van der Waals surface area contributed by atoms with E-state index in [1.54, 1.807) is 30.5 Å². The Morgan fingerprint density at radius 1 is 1.30 bits per heavy atom. The Morgan fingerprint density at radius 3 is 2.75 bits per heavy atom. The first-order chi connectivity index (χ1) is 9.54. The predicted molar refractivity (Wildman–Crippen MR) is 74.7 cm³/mol. The van der Waals surface area contributed by atoms with Crippen LogP contribution in [0.3, 0.4) is 0 Å². The summed E-state index contributed by atoms with van der Waals surface area (Å²) in [7, 11) is 1.26. The summed E-state index contributed by atoms with van der Waals surface area (Å²) in [5.74, 6) is -1.71. The fourth-order valence-electron chi connectivity index (χ4n) is 1.67. The minimum absolute atomic E-state index is 0.0629. The highest BCUT2D eigenvalue weighted by Gasteiger charge is 2.18. The van der Waals surface area contributed by atoms with E-state index in [0.717, 1.165) is 11.3 Å². The Hall–Kier alpha value is -2.21. The Balaban J connectivity index is 2.27. The number of aryl methyl sites for hydroxylation is 1. The number of hydrogen-bond acceptors (Lipinski definition) is 4. The fourth-order valence-corrected chi connectivity index (χ4v) is 2.44. The van der Waals surface area contributed by atoms with E-state index in [9.17, 15) is 14.0 Å². The molecule has 0 fully saturated rings. The zero-order valence-corrected chi connectivity index (χ0v) is 11.7. The Morgan fingerprint density at radius 2 is 2.05 bits per heavy atom. The van der Waals surface area contributed by atoms with Gasteiger partial charge in [0.25, 0.3) is 5.91 Å². The quantitative estimate of drug-likeness (QED) is 0.884. The predicted octanol–water partition coefficient (Wildman–Crippen LogP) is 3.23. The molecule has 0 aliphatic rings. The molecule has 1 amide bonds. The third kappa shape index (κ3) is 2.70. The lowest BCUT2D eigenvalue weighted by Crippen LogP contribution is -2.15. The molecule has 1 aromatic carbocycles. The van der Waals surface area contributed by atoms with Crippen LogP contribution in [0, 0.1) is 12.7 Å². The monoisotopic (exact) mass is 293 g/mol. The van der Waals surface area contributed by atoms with Crippen LogP contribution in [0.4, 0.5) is 10.1 Å². The average Bonchev–Trinajstić information content (AvgIpc) is 2.89. The van der Waals surface area contributed by atoms with E-state index in [-0.39, 0.29) is 10.4 Å². The van der Waals surface area contributed by atoms with Crippen molar-refractivity contribution in [2.75, 3.05) is 12.4 Å². The van der Waals surface area contributed by atoms with Gasteiger partial charge in [0.1, 0.15) is 10.7 Å². The van der Waals surface area contributed by atoms with Crippen LogP contribution >= 0.6 is 11.3 Å². The summed E-state index contributed by atoms with van der Waals surface area (Å²) in [5, 5.41) is 4.17. The van der Waals surface area contributed by atoms with E-state index >= 15 is 0 Å². The molecule has 0 saturated heterocycles. The highest BCUT2D eigenvalue weighted by Crippen LogP contribution is 2.24. The number of amides is 1. The minimum Gasteiger partial charge on any atom is -0.465 e. The molecule has 20 heavy (non-hydrogen) atoms. The molecule has 0 aliphatic heterocycles. The van der Waals surface area contributed by atoms with Crippen molar-refractivity contribution in [3.63, 3.8) is 0 Å². The van der Waals surface area contributed by atoms with Crippen LogP contribution in [0.1, 0.15) is 25.6 Å². The molecule has 2 rings (SSSR count). The molecule has 1 aromatic heterocycles. The second-order valence-corrected chi connectivity index (χ2v) is 4.96. The average molecular weight is 293 g/mol. The third-order valence-corrected chi connectivity index (χ3v) is 3.62. The number of thiophene rings is 1. The number of carbonyl (C=O) groups excluding carboxylic acids is 2. The van der Waals surface area contributed by atoms with Gasteiger partial charge in [-0.25, -0.2) is 9.18 Å². The van der Waals surface area contributed by atoms with E-state index < -0.39 is 17.7 Å². The second kappa shape index (κ2) is 5.83. The van der Waals surface area contributed by atoms with E-state index in [0.29, 0.717) is 11.3 Å². The van der Waals surface area contributed by atoms with E-state index in [2.05, 4.69) is 10.1 Å². The number of hydrogen-bond donors (Lipinski definition) is 1. The highest BCUT2D eigenvalue weighted by atomic mass is 32.1. The summed E-state index contributed by atoms with van der Waals surface area (Å²) < 4.78 is 18.5. The fraction of sp³-hybridized carbons (Fsp3) is 0.143. The normalized spacial score (nSPS) is 10.2. The molecule has 0 bridgehead atoms. The van der Waals surface area contributed by atoms with Crippen molar-refractivity contribution in [3.05, 3.63) is 51.5 Å². The maximum atomic E-state index is 13.9. The summed E-state index contributed by atoms with van der Waals surface area (Å²) in [5.41, 5.74) is 0.635. The molecule has 0 radical (unpaired) electrons. The number of halogens is 1. The molecular formula is C14H12FNO3S. The molecule has 4 nitrogen and oxygen atoms in total. The van der Waals surface area contributed by atoms with E-state index in [1.165, 1.54) is 13.2 Å². The molecule has 0 atom stereocenters. The lowest BCUT2D eigenvalue weighted by molar-refractivity contribution is 0.0607. The number of esters is 1. The van der Waals surface area contributed by atoms with Crippen LogP contribution < -0.4 is 5.32 Å². The SMILES string of the molecule is COC(=O)c1sccc1NC(=O)c1cccc(C)c1F. The first-order valence-electron chi connectivity index (χ1n) is 5.77. The molecule has 0 spiro atoms. The van der Waals surface area contributed by atoms with Crippen LogP contribution in [0.2, 0.25) is 0 Å². The standard InChI is InChI=1S/C14H12FNO3S/c1-8-4-3-5-9(11(8)15)13(17)16-10-6-7-20-12(10)14(18)19-2/h3-7H,1-2H3,(H,16,17). The maximum Gasteiger partial charge on any atom is 0.350 e. The van der Waals surface area contributed by atoms with Crippen molar-refractivity contribution < 1.29 is 18.7 Å². The molecule has 0 aliphatic carbocycles.